The van der Waals surface area contributed by atoms with Crippen LogP contribution < -0.4 is 15.5 Å². The zero-order valence-electron chi connectivity index (χ0n) is 16.1. The van der Waals surface area contributed by atoms with Crippen LogP contribution in [0.25, 0.3) is 0 Å². The molecule has 1 aromatic rings. The molecule has 1 aromatic carbocycles. The molecule has 1 amide bonds. The Kier molecular flexibility index (Phi) is 7.18. The van der Waals surface area contributed by atoms with Crippen molar-refractivity contribution in [2.24, 2.45) is 0 Å². The van der Waals surface area contributed by atoms with Gasteiger partial charge in [-0.1, -0.05) is 12.8 Å². The van der Waals surface area contributed by atoms with Gasteiger partial charge in [0.15, 0.2) is 6.54 Å². The minimum absolute atomic E-state index is 0.219. The summed E-state index contributed by atoms with van der Waals surface area (Å²) in [7, 11) is 0. The summed E-state index contributed by atoms with van der Waals surface area (Å²) >= 11 is 0. The van der Waals surface area contributed by atoms with E-state index < -0.39 is 11.7 Å². The lowest BCUT2D eigenvalue weighted by atomic mass is 10.1. The molecule has 1 saturated carbocycles. The zero-order valence-corrected chi connectivity index (χ0v) is 16.1. The summed E-state index contributed by atoms with van der Waals surface area (Å²) < 4.78 is 44.8. The molecule has 2 fully saturated rings. The molecule has 156 valence electrons. The largest absolute Gasteiger partial charge is 0.416 e. The van der Waals surface area contributed by atoms with Gasteiger partial charge in [0.1, 0.15) is 0 Å². The first-order valence-corrected chi connectivity index (χ1v) is 10.1. The Bertz CT molecular complexity index is 653. The lowest BCUT2D eigenvalue weighted by Crippen LogP contribution is -2.91. The minimum Gasteiger partial charge on any atom is -0.378 e. The fourth-order valence-electron chi connectivity index (χ4n) is 3.91. The van der Waals surface area contributed by atoms with Crippen LogP contribution in [0, 0.1) is 0 Å². The lowest BCUT2D eigenvalue weighted by Gasteiger charge is -2.31. The van der Waals surface area contributed by atoms with E-state index in [4.69, 9.17) is 4.74 Å². The van der Waals surface area contributed by atoms with Crippen LogP contribution in [0.15, 0.2) is 18.2 Å². The third kappa shape index (κ3) is 5.85. The van der Waals surface area contributed by atoms with E-state index in [1.54, 1.807) is 0 Å². The number of halogens is 3. The summed E-state index contributed by atoms with van der Waals surface area (Å²) in [5.41, 5.74) is 0.0719. The number of amides is 1. The van der Waals surface area contributed by atoms with Gasteiger partial charge in [-0.15, -0.1) is 0 Å². The van der Waals surface area contributed by atoms with Crippen molar-refractivity contribution >= 4 is 17.3 Å². The van der Waals surface area contributed by atoms with E-state index >= 15 is 0 Å². The van der Waals surface area contributed by atoms with E-state index in [0.717, 1.165) is 25.0 Å². The Morgan fingerprint density at radius 3 is 2.46 bits per heavy atom. The Labute approximate surface area is 163 Å². The first kappa shape index (κ1) is 20.9. The second kappa shape index (κ2) is 9.60. The summed E-state index contributed by atoms with van der Waals surface area (Å²) in [6.45, 7) is 2.43. The molecule has 2 aliphatic rings. The van der Waals surface area contributed by atoms with Gasteiger partial charge in [-0.2, -0.15) is 13.2 Å². The summed E-state index contributed by atoms with van der Waals surface area (Å²) in [5.74, 6) is -0.266. The maximum Gasteiger partial charge on any atom is 0.416 e. The predicted octanol–water partition coefficient (Wildman–Crippen LogP) is 2.77. The van der Waals surface area contributed by atoms with Crippen LogP contribution in [-0.2, 0) is 15.7 Å². The molecule has 1 saturated heterocycles. The molecule has 0 aromatic heterocycles. The lowest BCUT2D eigenvalue weighted by molar-refractivity contribution is -0.680. The highest BCUT2D eigenvalue weighted by Gasteiger charge is 2.32. The number of nitrogens with one attached hydrogen (secondary N) is 1. The number of nitrogens with zero attached hydrogens (tertiary/aromatic N) is 1. The van der Waals surface area contributed by atoms with Gasteiger partial charge in [0, 0.05) is 13.1 Å². The highest BCUT2D eigenvalue weighted by Crippen LogP contribution is 2.35. The number of anilines is 2. The van der Waals surface area contributed by atoms with Gasteiger partial charge in [-0.3, -0.25) is 4.79 Å². The van der Waals surface area contributed by atoms with Gasteiger partial charge < -0.3 is 20.3 Å². The fraction of sp³-hybridized carbons (Fsp3) is 0.650. The number of benzene rings is 1. The number of hydrogen-bond acceptors (Lipinski definition) is 3. The molecular formula is C20H29F3N3O2+. The molecule has 3 rings (SSSR count). The average molecular weight is 400 g/mol. The van der Waals surface area contributed by atoms with Crippen LogP contribution in [0.4, 0.5) is 24.5 Å². The number of hydrogen-bond donors (Lipinski definition) is 2. The van der Waals surface area contributed by atoms with Crippen LogP contribution in [0.1, 0.15) is 44.1 Å². The van der Waals surface area contributed by atoms with E-state index in [2.05, 4.69) is 5.32 Å². The third-order valence-electron chi connectivity index (χ3n) is 5.49. The molecule has 0 unspecified atom stereocenters. The van der Waals surface area contributed by atoms with Gasteiger partial charge >= 0.3 is 6.18 Å². The number of alkyl halides is 3. The summed E-state index contributed by atoms with van der Waals surface area (Å²) in [5, 5.41) is 4.75. The summed E-state index contributed by atoms with van der Waals surface area (Å²) in [6.07, 6.45) is 2.57. The molecule has 1 aliphatic carbocycles. The van der Waals surface area contributed by atoms with Gasteiger partial charge in [0.2, 0.25) is 0 Å². The van der Waals surface area contributed by atoms with Gasteiger partial charge in [-0.05, 0) is 43.9 Å². The van der Waals surface area contributed by atoms with E-state index in [0.29, 0.717) is 38.0 Å². The highest BCUT2D eigenvalue weighted by molar-refractivity contribution is 5.95. The molecule has 0 atom stereocenters. The van der Waals surface area contributed by atoms with Gasteiger partial charge in [0.25, 0.3) is 5.91 Å². The number of nitrogens with two attached hydrogens (primary N) is 1. The Morgan fingerprint density at radius 1 is 1.14 bits per heavy atom. The normalized spacial score (nSPS) is 19.3. The van der Waals surface area contributed by atoms with Crippen LogP contribution >= 0.6 is 0 Å². The Morgan fingerprint density at radius 2 is 1.82 bits per heavy atom. The maximum atomic E-state index is 13.2. The fourth-order valence-corrected chi connectivity index (χ4v) is 3.91. The summed E-state index contributed by atoms with van der Waals surface area (Å²) in [6, 6.07) is 3.97. The van der Waals surface area contributed by atoms with Crippen LogP contribution in [0.5, 0.6) is 0 Å². The number of quaternary nitrogens is 1. The standard InChI is InChI=1S/C20H28F3N3O2/c21-20(22,23)15-7-8-18(26-9-11-28-12-10-26)17(13-15)25-19(27)14-24-16-5-3-1-2-4-6-16/h7-8,13,16,24H,1-6,9-12,14H2,(H,25,27)/p+1. The molecule has 8 heteroatoms. The molecule has 0 spiro atoms. The molecule has 0 bridgehead atoms. The Balaban J connectivity index is 1.69. The van der Waals surface area contributed by atoms with E-state index in [9.17, 15) is 18.0 Å². The van der Waals surface area contributed by atoms with E-state index in [-0.39, 0.29) is 18.1 Å². The molecular weight excluding hydrogens is 371 g/mol. The van der Waals surface area contributed by atoms with E-state index in [1.807, 2.05) is 10.2 Å². The van der Waals surface area contributed by atoms with Crippen LogP contribution in [0.2, 0.25) is 0 Å². The van der Waals surface area contributed by atoms with Gasteiger partial charge in [0.05, 0.1) is 36.2 Å². The molecule has 5 nitrogen and oxygen atoms in total. The van der Waals surface area contributed by atoms with Crippen molar-refractivity contribution in [2.45, 2.75) is 50.7 Å². The summed E-state index contributed by atoms with van der Waals surface area (Å²) in [4.78, 5) is 14.4. The zero-order chi connectivity index (χ0) is 20.0. The topological polar surface area (TPSA) is 58.2 Å². The number of carbonyl (C=O) groups is 1. The van der Waals surface area contributed by atoms with Crippen molar-refractivity contribution in [1.29, 1.82) is 0 Å². The Hall–Kier alpha value is -1.80. The number of carbonyl (C=O) groups excluding carboxylic acids is 1. The maximum absolute atomic E-state index is 13.2. The van der Waals surface area contributed by atoms with Crippen molar-refractivity contribution in [1.82, 2.24) is 0 Å². The van der Waals surface area contributed by atoms with E-state index in [1.165, 1.54) is 31.7 Å². The minimum atomic E-state index is -4.45. The molecule has 1 aliphatic heterocycles. The highest BCUT2D eigenvalue weighted by atomic mass is 19.4. The molecule has 28 heavy (non-hydrogen) atoms. The number of ether oxygens (including phenoxy) is 1. The van der Waals surface area contributed by atoms with Crippen LogP contribution in [0.3, 0.4) is 0 Å². The monoisotopic (exact) mass is 400 g/mol. The third-order valence-corrected chi connectivity index (χ3v) is 5.49. The van der Waals surface area contributed by atoms with Crippen molar-refractivity contribution in [3.63, 3.8) is 0 Å². The second-order valence-corrected chi connectivity index (χ2v) is 7.57. The SMILES string of the molecule is O=C(C[NH2+]C1CCCCCC1)Nc1cc(C(F)(F)F)ccc1N1CCOCC1. The van der Waals surface area contributed by atoms with Crippen molar-refractivity contribution in [3.8, 4) is 0 Å². The van der Waals surface area contributed by atoms with Crippen molar-refractivity contribution in [3.05, 3.63) is 23.8 Å². The first-order valence-electron chi connectivity index (χ1n) is 10.1. The number of morpholine rings is 1. The number of rotatable bonds is 5. The molecule has 0 radical (unpaired) electrons. The van der Waals surface area contributed by atoms with Crippen molar-refractivity contribution < 1.29 is 28.0 Å². The van der Waals surface area contributed by atoms with Crippen molar-refractivity contribution in [2.75, 3.05) is 43.1 Å². The smallest absolute Gasteiger partial charge is 0.378 e. The first-order chi connectivity index (χ1) is 13.4. The van der Waals surface area contributed by atoms with Gasteiger partial charge in [-0.25, -0.2) is 0 Å². The average Bonchev–Trinajstić information content (AvgIpc) is 2.95. The molecule has 1 heterocycles. The van der Waals surface area contributed by atoms with Crippen LogP contribution in [-0.4, -0.2) is 44.8 Å². The molecule has 3 N–H and O–H groups in total. The predicted molar refractivity (Wildman–Crippen MR) is 101 cm³/mol. The second-order valence-electron chi connectivity index (χ2n) is 7.57. The quantitative estimate of drug-likeness (QED) is 0.748.